The summed E-state index contributed by atoms with van der Waals surface area (Å²) in [6.45, 7) is 3.69. The standard InChI is InChI=1S/C15H17F2NO2/c1-9(2)5-15(20)18-8-11(19)7-14(18)12-6-10(16)3-4-13(12)17/h3-6,11,14,19H,7-8H2,1-2H3. The highest BCUT2D eigenvalue weighted by molar-refractivity contribution is 5.88. The van der Waals surface area contributed by atoms with Crippen LogP contribution in [0.25, 0.3) is 0 Å². The zero-order valence-corrected chi connectivity index (χ0v) is 11.4. The van der Waals surface area contributed by atoms with Gasteiger partial charge in [0.2, 0.25) is 5.91 Å². The Morgan fingerprint density at radius 1 is 1.40 bits per heavy atom. The van der Waals surface area contributed by atoms with Gasteiger partial charge in [-0.15, -0.1) is 0 Å². The molecule has 0 spiro atoms. The SMILES string of the molecule is CC(C)=CC(=O)N1CC(O)CC1c1cc(F)ccc1F. The summed E-state index contributed by atoms with van der Waals surface area (Å²) in [5.41, 5.74) is 0.923. The summed E-state index contributed by atoms with van der Waals surface area (Å²) < 4.78 is 27.1. The van der Waals surface area contributed by atoms with E-state index >= 15 is 0 Å². The molecule has 2 unspecified atom stereocenters. The Hall–Kier alpha value is -1.75. The minimum atomic E-state index is -0.725. The zero-order chi connectivity index (χ0) is 14.9. The van der Waals surface area contributed by atoms with Crippen molar-refractivity contribution in [3.8, 4) is 0 Å². The summed E-state index contributed by atoms with van der Waals surface area (Å²) in [5.74, 6) is -1.42. The molecule has 1 aromatic carbocycles. The Morgan fingerprint density at radius 3 is 2.75 bits per heavy atom. The summed E-state index contributed by atoms with van der Waals surface area (Å²) >= 11 is 0. The number of hydrogen-bond donors (Lipinski definition) is 1. The highest BCUT2D eigenvalue weighted by atomic mass is 19.1. The number of aliphatic hydroxyl groups is 1. The van der Waals surface area contributed by atoms with E-state index in [1.54, 1.807) is 13.8 Å². The molecule has 1 aromatic rings. The van der Waals surface area contributed by atoms with Crippen LogP contribution in [0.4, 0.5) is 8.78 Å². The number of nitrogens with zero attached hydrogens (tertiary/aromatic N) is 1. The fourth-order valence-electron chi connectivity index (χ4n) is 2.45. The van der Waals surface area contributed by atoms with Crippen molar-refractivity contribution >= 4 is 5.91 Å². The number of rotatable bonds is 2. The molecule has 1 fully saturated rings. The molecular weight excluding hydrogens is 264 g/mol. The van der Waals surface area contributed by atoms with Crippen LogP contribution >= 0.6 is 0 Å². The average molecular weight is 281 g/mol. The Morgan fingerprint density at radius 2 is 2.10 bits per heavy atom. The van der Waals surface area contributed by atoms with Gasteiger partial charge >= 0.3 is 0 Å². The number of carbonyl (C=O) groups excluding carboxylic acids is 1. The summed E-state index contributed by atoms with van der Waals surface area (Å²) in [6, 6.07) is 2.52. The summed E-state index contributed by atoms with van der Waals surface area (Å²) in [7, 11) is 0. The number of amides is 1. The topological polar surface area (TPSA) is 40.5 Å². The van der Waals surface area contributed by atoms with E-state index in [2.05, 4.69) is 0 Å². The van der Waals surface area contributed by atoms with Crippen molar-refractivity contribution in [1.82, 2.24) is 4.90 Å². The van der Waals surface area contributed by atoms with Gasteiger partial charge in [0, 0.05) is 18.2 Å². The molecule has 1 saturated heterocycles. The van der Waals surface area contributed by atoms with E-state index in [0.29, 0.717) is 0 Å². The molecule has 0 aromatic heterocycles. The van der Waals surface area contributed by atoms with E-state index in [-0.39, 0.29) is 24.4 Å². The number of aliphatic hydroxyl groups excluding tert-OH is 1. The van der Waals surface area contributed by atoms with Crippen molar-refractivity contribution in [2.45, 2.75) is 32.4 Å². The van der Waals surface area contributed by atoms with Gasteiger partial charge in [-0.25, -0.2) is 8.78 Å². The summed E-state index contributed by atoms with van der Waals surface area (Å²) in [6.07, 6.45) is 0.919. The first kappa shape index (κ1) is 14.7. The molecule has 0 radical (unpaired) electrons. The molecule has 0 saturated carbocycles. The Labute approximate surface area is 116 Å². The quantitative estimate of drug-likeness (QED) is 0.846. The van der Waals surface area contributed by atoms with Gasteiger partial charge in [-0.3, -0.25) is 4.79 Å². The lowest BCUT2D eigenvalue weighted by Crippen LogP contribution is -2.30. The molecule has 1 amide bonds. The lowest BCUT2D eigenvalue weighted by molar-refractivity contribution is -0.127. The molecule has 0 bridgehead atoms. The van der Waals surface area contributed by atoms with Gasteiger partial charge < -0.3 is 10.0 Å². The molecule has 1 aliphatic rings. The number of hydrogen-bond acceptors (Lipinski definition) is 2. The molecule has 3 nitrogen and oxygen atoms in total. The molecule has 20 heavy (non-hydrogen) atoms. The monoisotopic (exact) mass is 281 g/mol. The Bertz CT molecular complexity index is 553. The van der Waals surface area contributed by atoms with Crippen LogP contribution in [-0.4, -0.2) is 28.6 Å². The predicted molar refractivity (Wildman–Crippen MR) is 70.9 cm³/mol. The van der Waals surface area contributed by atoms with E-state index in [9.17, 15) is 18.7 Å². The van der Waals surface area contributed by atoms with Gasteiger partial charge in [0.15, 0.2) is 0 Å². The van der Waals surface area contributed by atoms with Crippen LogP contribution in [0, 0.1) is 11.6 Å². The van der Waals surface area contributed by atoms with Gasteiger partial charge in [-0.05, 0) is 38.5 Å². The van der Waals surface area contributed by atoms with Gasteiger partial charge in [0.1, 0.15) is 11.6 Å². The third kappa shape index (κ3) is 3.04. The van der Waals surface area contributed by atoms with Crippen LogP contribution in [0.2, 0.25) is 0 Å². The molecule has 1 aliphatic heterocycles. The van der Waals surface area contributed by atoms with Gasteiger partial charge in [0.05, 0.1) is 12.1 Å². The molecule has 2 atom stereocenters. The van der Waals surface area contributed by atoms with Gasteiger partial charge in [-0.2, -0.15) is 0 Å². The molecular formula is C15H17F2NO2. The fraction of sp³-hybridized carbons (Fsp3) is 0.400. The molecule has 108 valence electrons. The van der Waals surface area contributed by atoms with Crippen LogP contribution < -0.4 is 0 Å². The van der Waals surface area contributed by atoms with E-state index in [1.807, 2.05) is 0 Å². The number of allylic oxidation sites excluding steroid dienone is 1. The van der Waals surface area contributed by atoms with Crippen LogP contribution in [0.15, 0.2) is 29.8 Å². The zero-order valence-electron chi connectivity index (χ0n) is 11.4. The van der Waals surface area contributed by atoms with Crippen molar-refractivity contribution in [1.29, 1.82) is 0 Å². The lowest BCUT2D eigenvalue weighted by atomic mass is 10.0. The second kappa shape index (κ2) is 5.71. The minimum Gasteiger partial charge on any atom is -0.391 e. The maximum Gasteiger partial charge on any atom is 0.247 e. The number of likely N-dealkylation sites (tertiary alicyclic amines) is 1. The maximum atomic E-state index is 13.8. The van der Waals surface area contributed by atoms with Gasteiger partial charge in [-0.1, -0.05) is 5.57 Å². The van der Waals surface area contributed by atoms with Gasteiger partial charge in [0.25, 0.3) is 0 Å². The summed E-state index contributed by atoms with van der Waals surface area (Å²) in [4.78, 5) is 13.5. The van der Waals surface area contributed by atoms with Crippen LogP contribution in [-0.2, 0) is 4.79 Å². The maximum absolute atomic E-state index is 13.8. The number of benzene rings is 1. The molecule has 0 aliphatic carbocycles. The first-order chi connectivity index (χ1) is 9.38. The first-order valence-electron chi connectivity index (χ1n) is 6.47. The van der Waals surface area contributed by atoms with Crippen molar-refractivity contribution in [2.24, 2.45) is 0 Å². The van der Waals surface area contributed by atoms with E-state index in [1.165, 1.54) is 11.0 Å². The Balaban J connectivity index is 2.35. The lowest BCUT2D eigenvalue weighted by Gasteiger charge is -2.24. The van der Waals surface area contributed by atoms with Crippen molar-refractivity contribution in [2.75, 3.05) is 6.54 Å². The summed E-state index contributed by atoms with van der Waals surface area (Å²) in [5, 5.41) is 9.74. The molecule has 1 heterocycles. The number of carbonyl (C=O) groups is 1. The fourth-order valence-corrected chi connectivity index (χ4v) is 2.45. The second-order valence-corrected chi connectivity index (χ2v) is 5.28. The predicted octanol–water partition coefficient (Wildman–Crippen LogP) is 2.57. The molecule has 1 N–H and O–H groups in total. The minimum absolute atomic E-state index is 0.108. The number of halogens is 2. The largest absolute Gasteiger partial charge is 0.391 e. The molecule has 2 rings (SSSR count). The van der Waals surface area contributed by atoms with E-state index in [4.69, 9.17) is 0 Å². The van der Waals surface area contributed by atoms with Crippen molar-refractivity contribution < 1.29 is 18.7 Å². The van der Waals surface area contributed by atoms with Crippen LogP contribution in [0.3, 0.4) is 0 Å². The van der Waals surface area contributed by atoms with E-state index in [0.717, 1.165) is 23.8 Å². The third-order valence-corrected chi connectivity index (χ3v) is 3.29. The average Bonchev–Trinajstić information content (AvgIpc) is 2.73. The van der Waals surface area contributed by atoms with Crippen molar-refractivity contribution in [3.63, 3.8) is 0 Å². The van der Waals surface area contributed by atoms with Crippen LogP contribution in [0.5, 0.6) is 0 Å². The second-order valence-electron chi connectivity index (χ2n) is 5.28. The third-order valence-electron chi connectivity index (χ3n) is 3.29. The normalized spacial score (nSPS) is 21.9. The van der Waals surface area contributed by atoms with E-state index < -0.39 is 23.8 Å². The number of β-amino-alcohol motifs (C(OH)–C–C–N with tert-alkyl or cyclic N) is 1. The highest BCUT2D eigenvalue weighted by Gasteiger charge is 2.36. The Kier molecular flexibility index (Phi) is 4.18. The van der Waals surface area contributed by atoms with Crippen molar-refractivity contribution in [3.05, 3.63) is 47.0 Å². The first-order valence-corrected chi connectivity index (χ1v) is 6.47. The highest BCUT2D eigenvalue weighted by Crippen LogP contribution is 2.34. The molecule has 5 heteroatoms. The smallest absolute Gasteiger partial charge is 0.247 e. The van der Waals surface area contributed by atoms with Crippen LogP contribution in [0.1, 0.15) is 31.9 Å².